The first-order chi connectivity index (χ1) is 15.6. The largest absolute Gasteiger partial charge is 0.496 e. The number of aryl methyl sites for hydroxylation is 1. The molecule has 1 aliphatic carbocycles. The van der Waals surface area contributed by atoms with Crippen LogP contribution in [0.2, 0.25) is 0 Å². The molecule has 4 heteroatoms. The summed E-state index contributed by atoms with van der Waals surface area (Å²) in [5.74, 6) is 1.36. The van der Waals surface area contributed by atoms with E-state index in [9.17, 15) is 5.11 Å². The number of nitrogens with zero attached hydrogens (tertiary/aromatic N) is 2. The van der Waals surface area contributed by atoms with E-state index in [2.05, 4.69) is 53.2 Å². The van der Waals surface area contributed by atoms with Crippen LogP contribution in [0.1, 0.15) is 36.1 Å². The number of benzene rings is 2. The Hall–Kier alpha value is -2.69. The van der Waals surface area contributed by atoms with E-state index in [0.29, 0.717) is 0 Å². The molecule has 0 radical (unpaired) electrons. The molecule has 32 heavy (non-hydrogen) atoms. The molecule has 2 heterocycles. The summed E-state index contributed by atoms with van der Waals surface area (Å²) in [6.07, 6.45) is 5.15. The van der Waals surface area contributed by atoms with Crippen molar-refractivity contribution < 1.29 is 9.84 Å². The van der Waals surface area contributed by atoms with Crippen LogP contribution >= 0.6 is 0 Å². The van der Waals surface area contributed by atoms with Crippen molar-refractivity contribution in [2.75, 3.05) is 20.2 Å². The van der Waals surface area contributed by atoms with Crippen LogP contribution in [0, 0.1) is 18.8 Å². The highest BCUT2D eigenvalue weighted by atomic mass is 16.5. The van der Waals surface area contributed by atoms with Gasteiger partial charge < -0.3 is 9.84 Å². The molecule has 3 atom stereocenters. The van der Waals surface area contributed by atoms with Gasteiger partial charge >= 0.3 is 0 Å². The van der Waals surface area contributed by atoms with E-state index in [-0.39, 0.29) is 11.8 Å². The topological polar surface area (TPSA) is 45.6 Å². The van der Waals surface area contributed by atoms with E-state index in [1.165, 1.54) is 17.5 Å². The molecule has 2 aliphatic rings. The van der Waals surface area contributed by atoms with Gasteiger partial charge in [-0.05, 0) is 48.6 Å². The van der Waals surface area contributed by atoms with Crippen molar-refractivity contribution in [3.05, 3.63) is 83.7 Å². The van der Waals surface area contributed by atoms with Crippen molar-refractivity contribution in [3.8, 4) is 16.9 Å². The number of likely N-dealkylation sites (tertiary alicyclic amines) is 1. The lowest BCUT2D eigenvalue weighted by molar-refractivity contribution is -0.151. The molecule has 2 fully saturated rings. The van der Waals surface area contributed by atoms with Gasteiger partial charge in [-0.15, -0.1) is 0 Å². The molecule has 1 aromatic heterocycles. The summed E-state index contributed by atoms with van der Waals surface area (Å²) < 4.78 is 5.52. The smallest absolute Gasteiger partial charge is 0.126 e. The molecule has 1 saturated heterocycles. The summed E-state index contributed by atoms with van der Waals surface area (Å²) in [6, 6.07) is 21.0. The first-order valence-corrected chi connectivity index (χ1v) is 11.7. The number of hydrogen-bond donors (Lipinski definition) is 1. The van der Waals surface area contributed by atoms with E-state index < -0.39 is 5.60 Å². The van der Waals surface area contributed by atoms with Gasteiger partial charge in [0, 0.05) is 43.2 Å². The molecular formula is C28H32N2O2. The zero-order chi connectivity index (χ0) is 22.1. The zero-order valence-electron chi connectivity index (χ0n) is 19.0. The van der Waals surface area contributed by atoms with Crippen molar-refractivity contribution in [2.24, 2.45) is 11.8 Å². The molecule has 2 bridgehead atoms. The van der Waals surface area contributed by atoms with Crippen LogP contribution in [0.15, 0.2) is 66.9 Å². The average Bonchev–Trinajstić information content (AvgIpc) is 2.80. The Morgan fingerprint density at radius 1 is 1.00 bits per heavy atom. The highest BCUT2D eigenvalue weighted by Gasteiger charge is 2.52. The summed E-state index contributed by atoms with van der Waals surface area (Å²) >= 11 is 0. The molecule has 1 aliphatic heterocycles. The maximum absolute atomic E-state index is 11.9. The standard InChI is InChI=1S/C28H32N2O2/c1-20-7-6-16-29-27(20)28(31)23-8-5-9-24(28)19-30(18-23)17-21-12-14-22(15-13-21)25-10-3-4-11-26(25)32-2/h3-4,6-7,10-16,23-24,31H,5,8-9,17-19H2,1-2H3/t23-,24+,28?. The zero-order valence-corrected chi connectivity index (χ0v) is 19.0. The fourth-order valence-electron chi connectivity index (χ4n) is 5.89. The van der Waals surface area contributed by atoms with Gasteiger partial charge in [0.1, 0.15) is 11.4 Å². The molecule has 3 aromatic rings. The lowest BCUT2D eigenvalue weighted by atomic mass is 9.63. The molecule has 1 saturated carbocycles. The lowest BCUT2D eigenvalue weighted by Gasteiger charge is -2.53. The molecule has 2 aromatic carbocycles. The first-order valence-electron chi connectivity index (χ1n) is 11.7. The maximum Gasteiger partial charge on any atom is 0.126 e. The second-order valence-electron chi connectivity index (χ2n) is 9.41. The van der Waals surface area contributed by atoms with Crippen molar-refractivity contribution in [3.63, 3.8) is 0 Å². The van der Waals surface area contributed by atoms with E-state index in [4.69, 9.17) is 4.74 Å². The number of aliphatic hydroxyl groups is 1. The van der Waals surface area contributed by atoms with Gasteiger partial charge in [-0.2, -0.15) is 0 Å². The number of fused-ring (bicyclic) bond motifs is 2. The molecule has 0 amide bonds. The summed E-state index contributed by atoms with van der Waals surface area (Å²) in [7, 11) is 1.72. The molecule has 1 unspecified atom stereocenters. The van der Waals surface area contributed by atoms with Crippen molar-refractivity contribution in [1.29, 1.82) is 0 Å². The third kappa shape index (κ3) is 3.72. The number of aromatic nitrogens is 1. The normalized spacial score (nSPS) is 25.5. The Labute approximate surface area is 190 Å². The van der Waals surface area contributed by atoms with Crippen molar-refractivity contribution in [2.45, 2.75) is 38.3 Å². The molecule has 166 valence electrons. The number of para-hydroxylation sites is 1. The second-order valence-corrected chi connectivity index (χ2v) is 9.41. The van der Waals surface area contributed by atoms with E-state index in [1.807, 2.05) is 30.5 Å². The number of ether oxygens (including phenoxy) is 1. The maximum atomic E-state index is 11.9. The fourth-order valence-corrected chi connectivity index (χ4v) is 5.89. The van der Waals surface area contributed by atoms with Gasteiger partial charge in [-0.3, -0.25) is 9.88 Å². The third-order valence-electron chi connectivity index (χ3n) is 7.47. The Morgan fingerprint density at radius 2 is 1.72 bits per heavy atom. The van der Waals surface area contributed by atoms with Crippen LogP contribution in [-0.4, -0.2) is 35.2 Å². The summed E-state index contributed by atoms with van der Waals surface area (Å²) in [6.45, 7) is 4.82. The minimum atomic E-state index is -0.798. The van der Waals surface area contributed by atoms with E-state index in [0.717, 1.165) is 55.0 Å². The minimum Gasteiger partial charge on any atom is -0.496 e. The highest BCUT2D eigenvalue weighted by Crippen LogP contribution is 2.49. The van der Waals surface area contributed by atoms with Crippen LogP contribution in [0.4, 0.5) is 0 Å². The van der Waals surface area contributed by atoms with Gasteiger partial charge in [0.2, 0.25) is 0 Å². The SMILES string of the molecule is COc1ccccc1-c1ccc(CN2C[C@H]3CCC[C@@H](C2)C3(O)c2ncccc2C)cc1. The average molecular weight is 429 g/mol. The summed E-state index contributed by atoms with van der Waals surface area (Å²) in [5.41, 5.74) is 4.80. The van der Waals surface area contributed by atoms with Crippen LogP contribution in [0.25, 0.3) is 11.1 Å². The minimum absolute atomic E-state index is 0.233. The number of methoxy groups -OCH3 is 1. The van der Waals surface area contributed by atoms with Crippen LogP contribution in [0.5, 0.6) is 5.75 Å². The predicted molar refractivity (Wildman–Crippen MR) is 127 cm³/mol. The fraction of sp³-hybridized carbons (Fsp3) is 0.393. The molecule has 0 spiro atoms. The Morgan fingerprint density at radius 3 is 2.41 bits per heavy atom. The Bertz CT molecular complexity index is 1060. The van der Waals surface area contributed by atoms with E-state index >= 15 is 0 Å². The van der Waals surface area contributed by atoms with Crippen LogP contribution in [-0.2, 0) is 12.1 Å². The number of piperidine rings is 1. The highest BCUT2D eigenvalue weighted by molar-refractivity contribution is 5.70. The monoisotopic (exact) mass is 428 g/mol. The van der Waals surface area contributed by atoms with Gasteiger partial charge in [0.05, 0.1) is 12.8 Å². The summed E-state index contributed by atoms with van der Waals surface area (Å²) in [4.78, 5) is 7.17. The van der Waals surface area contributed by atoms with E-state index in [1.54, 1.807) is 7.11 Å². The van der Waals surface area contributed by atoms with Gasteiger partial charge in [0.15, 0.2) is 0 Å². The molecular weight excluding hydrogens is 396 g/mol. The Balaban J connectivity index is 1.33. The van der Waals surface area contributed by atoms with Gasteiger partial charge in [0.25, 0.3) is 0 Å². The summed E-state index contributed by atoms with van der Waals surface area (Å²) in [5, 5.41) is 11.9. The lowest BCUT2D eigenvalue weighted by Crippen LogP contribution is -2.58. The van der Waals surface area contributed by atoms with Crippen molar-refractivity contribution in [1.82, 2.24) is 9.88 Å². The van der Waals surface area contributed by atoms with Gasteiger partial charge in [-0.25, -0.2) is 0 Å². The number of pyridine rings is 1. The predicted octanol–water partition coefficient (Wildman–Crippen LogP) is 5.19. The number of rotatable bonds is 5. The Kier molecular flexibility index (Phi) is 5.75. The molecule has 4 nitrogen and oxygen atoms in total. The first kappa shape index (κ1) is 21.2. The van der Waals surface area contributed by atoms with Crippen LogP contribution < -0.4 is 4.74 Å². The van der Waals surface area contributed by atoms with Crippen LogP contribution in [0.3, 0.4) is 0 Å². The number of hydrogen-bond acceptors (Lipinski definition) is 4. The third-order valence-corrected chi connectivity index (χ3v) is 7.47. The van der Waals surface area contributed by atoms with Crippen molar-refractivity contribution >= 4 is 0 Å². The van der Waals surface area contributed by atoms with Gasteiger partial charge in [-0.1, -0.05) is 55.0 Å². The quantitative estimate of drug-likeness (QED) is 0.608. The molecule has 1 N–H and O–H groups in total. The molecule has 5 rings (SSSR count). The second kappa shape index (κ2) is 8.68.